The molecule has 1 atom stereocenters. The molecule has 1 aliphatic heterocycles. The van der Waals surface area contributed by atoms with Crippen molar-refractivity contribution < 1.29 is 9.59 Å². The lowest BCUT2D eigenvalue weighted by Gasteiger charge is -2.11. The number of nitrogens with one attached hydrogen (secondary N) is 1. The Hall–Kier alpha value is -2.31. The first-order valence-electron chi connectivity index (χ1n) is 8.49. The molecule has 140 valence electrons. The lowest BCUT2D eigenvalue weighted by Crippen LogP contribution is -2.30. The molecular weight excluding hydrogens is 382 g/mol. The summed E-state index contributed by atoms with van der Waals surface area (Å²) in [5, 5.41) is 3.59. The SMILES string of the molecule is Cc1cccc(N=C2S[C@H](CC(=O)Nc3ccc(Cl)cc3C)C(=O)N2C)c1. The van der Waals surface area contributed by atoms with E-state index in [-0.39, 0.29) is 18.2 Å². The van der Waals surface area contributed by atoms with Gasteiger partial charge in [-0.05, 0) is 55.3 Å². The number of halogens is 1. The average molecular weight is 402 g/mol. The molecule has 0 spiro atoms. The van der Waals surface area contributed by atoms with Gasteiger partial charge in [0.15, 0.2) is 5.17 Å². The van der Waals surface area contributed by atoms with E-state index in [1.165, 1.54) is 16.7 Å². The number of hydrogen-bond acceptors (Lipinski definition) is 4. The van der Waals surface area contributed by atoms with E-state index >= 15 is 0 Å². The summed E-state index contributed by atoms with van der Waals surface area (Å²) < 4.78 is 0. The Labute approximate surface area is 167 Å². The number of amides is 2. The Kier molecular flexibility index (Phi) is 5.87. The van der Waals surface area contributed by atoms with E-state index in [2.05, 4.69) is 10.3 Å². The number of carbonyl (C=O) groups is 2. The molecule has 1 saturated heterocycles. The van der Waals surface area contributed by atoms with Gasteiger partial charge in [0.1, 0.15) is 5.25 Å². The third-order valence-corrected chi connectivity index (χ3v) is 5.66. The summed E-state index contributed by atoms with van der Waals surface area (Å²) in [7, 11) is 1.69. The summed E-state index contributed by atoms with van der Waals surface area (Å²) in [6, 6.07) is 13.0. The molecule has 1 aliphatic rings. The van der Waals surface area contributed by atoms with E-state index in [4.69, 9.17) is 11.6 Å². The molecule has 3 rings (SSSR count). The first-order valence-corrected chi connectivity index (χ1v) is 9.75. The number of nitrogens with zero attached hydrogens (tertiary/aromatic N) is 2. The minimum Gasteiger partial charge on any atom is -0.326 e. The van der Waals surface area contributed by atoms with E-state index in [0.717, 1.165) is 16.8 Å². The van der Waals surface area contributed by atoms with Gasteiger partial charge in [-0.25, -0.2) is 4.99 Å². The molecule has 0 unspecified atom stereocenters. The van der Waals surface area contributed by atoms with Gasteiger partial charge < -0.3 is 5.32 Å². The molecule has 1 heterocycles. The molecule has 0 aromatic heterocycles. The van der Waals surface area contributed by atoms with Gasteiger partial charge in [0.2, 0.25) is 11.8 Å². The zero-order chi connectivity index (χ0) is 19.6. The Morgan fingerprint density at radius 2 is 2.04 bits per heavy atom. The maximum absolute atomic E-state index is 12.5. The summed E-state index contributed by atoms with van der Waals surface area (Å²) in [6.07, 6.45) is 0.0861. The van der Waals surface area contributed by atoms with Gasteiger partial charge in [0, 0.05) is 24.2 Å². The zero-order valence-corrected chi connectivity index (χ0v) is 16.9. The Morgan fingerprint density at radius 3 is 2.74 bits per heavy atom. The van der Waals surface area contributed by atoms with Gasteiger partial charge in [-0.2, -0.15) is 0 Å². The number of rotatable bonds is 4. The van der Waals surface area contributed by atoms with Crippen LogP contribution in [0.3, 0.4) is 0 Å². The van der Waals surface area contributed by atoms with Crippen molar-refractivity contribution in [3.05, 3.63) is 58.6 Å². The highest BCUT2D eigenvalue weighted by molar-refractivity contribution is 8.15. The molecule has 1 fully saturated rings. The smallest absolute Gasteiger partial charge is 0.242 e. The standard InChI is InChI=1S/C20H20ClN3O2S/c1-12-5-4-6-15(9-12)22-20-24(3)19(26)17(27-20)11-18(25)23-16-8-7-14(21)10-13(16)2/h4-10,17H,11H2,1-3H3,(H,23,25)/t17-/m1/s1. The molecule has 2 amide bonds. The van der Waals surface area contributed by atoms with Crippen molar-refractivity contribution >= 4 is 51.7 Å². The molecular formula is C20H20ClN3O2S. The van der Waals surface area contributed by atoms with Crippen LogP contribution < -0.4 is 5.32 Å². The van der Waals surface area contributed by atoms with Crippen LogP contribution >= 0.6 is 23.4 Å². The second-order valence-electron chi connectivity index (χ2n) is 6.45. The quantitative estimate of drug-likeness (QED) is 0.817. The van der Waals surface area contributed by atoms with Gasteiger partial charge >= 0.3 is 0 Å². The first-order chi connectivity index (χ1) is 12.8. The van der Waals surface area contributed by atoms with Crippen LogP contribution in [0.15, 0.2) is 47.5 Å². The molecule has 27 heavy (non-hydrogen) atoms. The third-order valence-electron chi connectivity index (χ3n) is 4.20. The lowest BCUT2D eigenvalue weighted by atomic mass is 10.2. The van der Waals surface area contributed by atoms with Crippen LogP contribution in [-0.4, -0.2) is 34.2 Å². The number of thioether (sulfide) groups is 1. The summed E-state index contributed by atoms with van der Waals surface area (Å²) in [4.78, 5) is 31.0. The zero-order valence-electron chi connectivity index (χ0n) is 15.3. The first kappa shape index (κ1) is 19.5. The second-order valence-corrected chi connectivity index (χ2v) is 8.05. The molecule has 0 radical (unpaired) electrons. The van der Waals surface area contributed by atoms with E-state index in [1.54, 1.807) is 25.2 Å². The van der Waals surface area contributed by atoms with Crippen LogP contribution in [0.4, 0.5) is 11.4 Å². The Bertz CT molecular complexity index is 929. The van der Waals surface area contributed by atoms with Crippen LogP contribution in [0, 0.1) is 13.8 Å². The summed E-state index contributed by atoms with van der Waals surface area (Å²) in [5.74, 6) is -0.328. The van der Waals surface area contributed by atoms with Gasteiger partial charge in [0.25, 0.3) is 0 Å². The fraction of sp³-hybridized carbons (Fsp3) is 0.250. The predicted molar refractivity (Wildman–Crippen MR) is 112 cm³/mol. The largest absolute Gasteiger partial charge is 0.326 e. The number of carbonyl (C=O) groups excluding carboxylic acids is 2. The maximum atomic E-state index is 12.5. The predicted octanol–water partition coefficient (Wildman–Crippen LogP) is 4.55. The van der Waals surface area contributed by atoms with E-state index in [9.17, 15) is 9.59 Å². The van der Waals surface area contributed by atoms with Gasteiger partial charge in [-0.1, -0.05) is 35.5 Å². The van der Waals surface area contributed by atoms with Gasteiger partial charge in [-0.3, -0.25) is 14.5 Å². The van der Waals surface area contributed by atoms with Crippen molar-refractivity contribution in [2.45, 2.75) is 25.5 Å². The maximum Gasteiger partial charge on any atom is 0.242 e. The fourth-order valence-electron chi connectivity index (χ4n) is 2.74. The number of anilines is 1. The molecule has 2 aromatic carbocycles. The van der Waals surface area contributed by atoms with Crippen LogP contribution in [-0.2, 0) is 9.59 Å². The minimum absolute atomic E-state index is 0.0861. The van der Waals surface area contributed by atoms with Crippen molar-refractivity contribution in [2.24, 2.45) is 4.99 Å². The number of aliphatic imine (C=N–C) groups is 1. The van der Waals surface area contributed by atoms with Crippen LogP contribution in [0.25, 0.3) is 0 Å². The number of aryl methyl sites for hydroxylation is 2. The molecule has 0 saturated carbocycles. The van der Waals surface area contributed by atoms with Crippen LogP contribution in [0.2, 0.25) is 5.02 Å². The molecule has 1 N–H and O–H groups in total. The van der Waals surface area contributed by atoms with E-state index in [1.807, 2.05) is 38.1 Å². The highest BCUT2D eigenvalue weighted by atomic mass is 35.5. The van der Waals surface area contributed by atoms with Gasteiger partial charge in [0.05, 0.1) is 5.69 Å². The molecule has 2 aromatic rings. The monoisotopic (exact) mass is 401 g/mol. The number of hydrogen-bond donors (Lipinski definition) is 1. The Morgan fingerprint density at radius 1 is 1.26 bits per heavy atom. The van der Waals surface area contributed by atoms with E-state index in [0.29, 0.717) is 15.9 Å². The third kappa shape index (κ3) is 4.70. The highest BCUT2D eigenvalue weighted by Crippen LogP contribution is 2.31. The molecule has 5 nitrogen and oxygen atoms in total. The second kappa shape index (κ2) is 8.15. The molecule has 0 bridgehead atoms. The van der Waals surface area contributed by atoms with Crippen molar-refractivity contribution in [1.82, 2.24) is 4.90 Å². The Balaban J connectivity index is 1.68. The van der Waals surface area contributed by atoms with Gasteiger partial charge in [-0.15, -0.1) is 0 Å². The normalized spacial score (nSPS) is 18.2. The van der Waals surface area contributed by atoms with Crippen molar-refractivity contribution in [2.75, 3.05) is 12.4 Å². The molecule has 7 heteroatoms. The van der Waals surface area contributed by atoms with Crippen molar-refractivity contribution in [3.8, 4) is 0 Å². The molecule has 0 aliphatic carbocycles. The number of amidine groups is 1. The van der Waals surface area contributed by atoms with Crippen LogP contribution in [0.5, 0.6) is 0 Å². The van der Waals surface area contributed by atoms with E-state index < -0.39 is 5.25 Å². The van der Waals surface area contributed by atoms with Crippen molar-refractivity contribution in [1.29, 1.82) is 0 Å². The summed E-state index contributed by atoms with van der Waals surface area (Å²) in [5.41, 5.74) is 3.46. The number of benzene rings is 2. The van der Waals surface area contributed by atoms with Crippen molar-refractivity contribution in [3.63, 3.8) is 0 Å². The highest BCUT2D eigenvalue weighted by Gasteiger charge is 2.37. The fourth-order valence-corrected chi connectivity index (χ4v) is 4.12. The topological polar surface area (TPSA) is 61.8 Å². The summed E-state index contributed by atoms with van der Waals surface area (Å²) in [6.45, 7) is 3.86. The lowest BCUT2D eigenvalue weighted by molar-refractivity contribution is -0.127. The summed E-state index contributed by atoms with van der Waals surface area (Å²) >= 11 is 7.26. The minimum atomic E-state index is -0.480. The average Bonchev–Trinajstić information content (AvgIpc) is 2.85. The van der Waals surface area contributed by atoms with Crippen LogP contribution in [0.1, 0.15) is 17.5 Å².